The zero-order valence-corrected chi connectivity index (χ0v) is 17.0. The van der Waals surface area contributed by atoms with Crippen LogP contribution in [0.3, 0.4) is 0 Å². The van der Waals surface area contributed by atoms with Gasteiger partial charge in [-0.1, -0.05) is 23.7 Å². The molecule has 2 N–H and O–H groups in total. The van der Waals surface area contributed by atoms with Gasteiger partial charge < -0.3 is 15.4 Å². The first-order valence-electron chi connectivity index (χ1n) is 8.56. The van der Waals surface area contributed by atoms with Gasteiger partial charge in [0, 0.05) is 16.4 Å². The summed E-state index contributed by atoms with van der Waals surface area (Å²) in [6, 6.07) is 14.1. The minimum absolute atomic E-state index is 0.133. The van der Waals surface area contributed by atoms with E-state index in [0.717, 1.165) is 11.1 Å². The third-order valence-corrected chi connectivity index (χ3v) is 5.39. The highest BCUT2D eigenvalue weighted by molar-refractivity contribution is 7.12. The molecule has 7 heteroatoms. The highest BCUT2D eigenvalue weighted by Crippen LogP contribution is 2.26. The topological polar surface area (TPSA) is 67.4 Å². The van der Waals surface area contributed by atoms with Crippen LogP contribution in [-0.2, 0) is 4.79 Å². The Hall–Kier alpha value is -2.83. The molecular formula is C21H19ClN2O3S. The van der Waals surface area contributed by atoms with E-state index in [-0.39, 0.29) is 18.4 Å². The molecule has 0 atom stereocenters. The fraction of sp³-hybridized carbons (Fsp3) is 0.143. The number of carbonyl (C=O) groups is 2. The number of aryl methyl sites for hydroxylation is 2. The molecule has 0 radical (unpaired) electrons. The van der Waals surface area contributed by atoms with Crippen molar-refractivity contribution in [2.24, 2.45) is 0 Å². The molecule has 0 spiro atoms. The normalized spacial score (nSPS) is 10.4. The van der Waals surface area contributed by atoms with Gasteiger partial charge in [-0.05, 0) is 66.8 Å². The molecule has 3 rings (SSSR count). The van der Waals surface area contributed by atoms with E-state index in [1.54, 1.807) is 42.5 Å². The molecule has 0 unspecified atom stereocenters. The molecule has 1 aromatic heterocycles. The molecular weight excluding hydrogens is 396 g/mol. The number of amides is 2. The molecule has 0 saturated carbocycles. The Morgan fingerprint density at radius 3 is 2.32 bits per heavy atom. The molecule has 0 aliphatic carbocycles. The maximum absolute atomic E-state index is 12.2. The van der Waals surface area contributed by atoms with Gasteiger partial charge in [0.15, 0.2) is 6.61 Å². The molecule has 5 nitrogen and oxygen atoms in total. The number of ether oxygens (including phenoxy) is 1. The SMILES string of the molecule is Cc1cc(OCC(=O)Nc2cccc(NC(=O)c3cccs3)c2)cc(C)c1Cl. The van der Waals surface area contributed by atoms with Crippen LogP contribution in [0.1, 0.15) is 20.8 Å². The van der Waals surface area contributed by atoms with Crippen LogP contribution >= 0.6 is 22.9 Å². The summed E-state index contributed by atoms with van der Waals surface area (Å²) < 4.78 is 5.56. The van der Waals surface area contributed by atoms with E-state index in [1.807, 2.05) is 25.3 Å². The summed E-state index contributed by atoms with van der Waals surface area (Å²) in [6.45, 7) is 3.64. The lowest BCUT2D eigenvalue weighted by atomic mass is 10.1. The first-order chi connectivity index (χ1) is 13.4. The summed E-state index contributed by atoms with van der Waals surface area (Å²) >= 11 is 7.50. The average Bonchev–Trinajstić information content (AvgIpc) is 3.19. The smallest absolute Gasteiger partial charge is 0.265 e. The summed E-state index contributed by atoms with van der Waals surface area (Å²) in [7, 11) is 0. The Bertz CT molecular complexity index is 980. The Balaban J connectivity index is 1.57. The van der Waals surface area contributed by atoms with Crippen molar-refractivity contribution in [2.75, 3.05) is 17.2 Å². The molecule has 0 aliphatic heterocycles. The van der Waals surface area contributed by atoms with Crippen molar-refractivity contribution in [3.05, 3.63) is 74.9 Å². The molecule has 28 heavy (non-hydrogen) atoms. The standard InChI is InChI=1S/C21H19ClN2O3S/c1-13-9-17(10-14(2)20(13)22)27-12-19(25)23-15-5-3-6-16(11-15)24-21(26)18-7-4-8-28-18/h3-11H,12H2,1-2H3,(H,23,25)(H,24,26). The van der Waals surface area contributed by atoms with Crippen molar-refractivity contribution in [1.29, 1.82) is 0 Å². The fourth-order valence-corrected chi connectivity index (χ4v) is 3.34. The van der Waals surface area contributed by atoms with Crippen molar-refractivity contribution in [3.8, 4) is 5.75 Å². The van der Waals surface area contributed by atoms with Crippen LogP contribution in [0, 0.1) is 13.8 Å². The Morgan fingerprint density at radius 2 is 1.68 bits per heavy atom. The summed E-state index contributed by atoms with van der Waals surface area (Å²) in [4.78, 5) is 24.9. The molecule has 2 aromatic carbocycles. The van der Waals surface area contributed by atoms with Gasteiger partial charge in [-0.25, -0.2) is 0 Å². The van der Waals surface area contributed by atoms with E-state index < -0.39 is 0 Å². The van der Waals surface area contributed by atoms with Crippen molar-refractivity contribution >= 4 is 46.1 Å². The van der Waals surface area contributed by atoms with Gasteiger partial charge in [-0.3, -0.25) is 9.59 Å². The second-order valence-electron chi connectivity index (χ2n) is 6.22. The zero-order valence-electron chi connectivity index (χ0n) is 15.4. The van der Waals surface area contributed by atoms with Crippen molar-refractivity contribution in [3.63, 3.8) is 0 Å². The van der Waals surface area contributed by atoms with Crippen molar-refractivity contribution < 1.29 is 14.3 Å². The molecule has 2 amide bonds. The second-order valence-corrected chi connectivity index (χ2v) is 7.55. The number of nitrogens with one attached hydrogen (secondary N) is 2. The number of hydrogen-bond donors (Lipinski definition) is 2. The van der Waals surface area contributed by atoms with Crippen molar-refractivity contribution in [2.45, 2.75) is 13.8 Å². The van der Waals surface area contributed by atoms with E-state index in [0.29, 0.717) is 27.0 Å². The summed E-state index contributed by atoms with van der Waals surface area (Å²) in [5, 5.41) is 8.11. The van der Waals surface area contributed by atoms with Gasteiger partial charge in [-0.2, -0.15) is 0 Å². The Kier molecular flexibility index (Phi) is 6.34. The number of anilines is 2. The van der Waals surface area contributed by atoms with E-state index >= 15 is 0 Å². The minimum atomic E-state index is -0.299. The van der Waals surface area contributed by atoms with Gasteiger partial charge in [-0.15, -0.1) is 11.3 Å². The number of halogens is 1. The van der Waals surface area contributed by atoms with Crippen LogP contribution in [-0.4, -0.2) is 18.4 Å². The number of carbonyl (C=O) groups excluding carboxylic acids is 2. The number of rotatable bonds is 6. The van der Waals surface area contributed by atoms with Crippen LogP contribution < -0.4 is 15.4 Å². The van der Waals surface area contributed by atoms with E-state index in [4.69, 9.17) is 16.3 Å². The largest absolute Gasteiger partial charge is 0.484 e. The van der Waals surface area contributed by atoms with Gasteiger partial charge in [0.05, 0.1) is 4.88 Å². The lowest BCUT2D eigenvalue weighted by Crippen LogP contribution is -2.20. The lowest BCUT2D eigenvalue weighted by molar-refractivity contribution is -0.118. The van der Waals surface area contributed by atoms with Crippen LogP contribution in [0.25, 0.3) is 0 Å². The quantitative estimate of drug-likeness (QED) is 0.576. The number of benzene rings is 2. The Morgan fingerprint density at radius 1 is 1.00 bits per heavy atom. The molecule has 0 saturated heterocycles. The van der Waals surface area contributed by atoms with E-state index in [1.165, 1.54) is 11.3 Å². The molecule has 3 aromatic rings. The highest BCUT2D eigenvalue weighted by atomic mass is 35.5. The van der Waals surface area contributed by atoms with Gasteiger partial charge in [0.1, 0.15) is 5.75 Å². The predicted molar refractivity (Wildman–Crippen MR) is 114 cm³/mol. The van der Waals surface area contributed by atoms with E-state index in [2.05, 4.69) is 10.6 Å². The van der Waals surface area contributed by atoms with Gasteiger partial charge >= 0.3 is 0 Å². The van der Waals surface area contributed by atoms with Gasteiger partial charge in [0.2, 0.25) is 0 Å². The van der Waals surface area contributed by atoms with Crippen LogP contribution in [0.4, 0.5) is 11.4 Å². The summed E-state index contributed by atoms with van der Waals surface area (Å²) in [6.07, 6.45) is 0. The zero-order chi connectivity index (χ0) is 20.1. The van der Waals surface area contributed by atoms with Crippen LogP contribution in [0.2, 0.25) is 5.02 Å². The van der Waals surface area contributed by atoms with E-state index in [9.17, 15) is 9.59 Å². The fourth-order valence-electron chi connectivity index (χ4n) is 2.61. The van der Waals surface area contributed by atoms with Crippen LogP contribution in [0.15, 0.2) is 53.9 Å². The lowest BCUT2D eigenvalue weighted by Gasteiger charge is -2.11. The molecule has 0 fully saturated rings. The monoisotopic (exact) mass is 414 g/mol. The number of thiophene rings is 1. The molecule has 144 valence electrons. The predicted octanol–water partition coefficient (Wildman–Crippen LogP) is 5.29. The van der Waals surface area contributed by atoms with Crippen molar-refractivity contribution in [1.82, 2.24) is 0 Å². The van der Waals surface area contributed by atoms with Gasteiger partial charge in [0.25, 0.3) is 11.8 Å². The third-order valence-electron chi connectivity index (χ3n) is 3.93. The molecule has 1 heterocycles. The number of hydrogen-bond acceptors (Lipinski definition) is 4. The second kappa shape index (κ2) is 8.91. The third kappa shape index (κ3) is 5.12. The minimum Gasteiger partial charge on any atom is -0.484 e. The first kappa shape index (κ1) is 19.9. The molecule has 0 bridgehead atoms. The Labute approximate surface area is 172 Å². The molecule has 0 aliphatic rings. The maximum atomic E-state index is 12.2. The maximum Gasteiger partial charge on any atom is 0.265 e. The summed E-state index contributed by atoms with van der Waals surface area (Å²) in [5.41, 5.74) is 2.96. The highest BCUT2D eigenvalue weighted by Gasteiger charge is 2.09. The summed E-state index contributed by atoms with van der Waals surface area (Å²) in [5.74, 6) is 0.105. The average molecular weight is 415 g/mol. The first-order valence-corrected chi connectivity index (χ1v) is 9.82. The van der Waals surface area contributed by atoms with Crippen LogP contribution in [0.5, 0.6) is 5.75 Å².